The molecule has 1 unspecified atom stereocenters. The van der Waals surface area contributed by atoms with E-state index in [1.807, 2.05) is 40.7 Å². The van der Waals surface area contributed by atoms with Crippen LogP contribution in [-0.4, -0.2) is 75.9 Å². The molecule has 0 bridgehead atoms. The minimum absolute atomic E-state index is 0.0778. The Morgan fingerprint density at radius 1 is 1.18 bits per heavy atom. The molecular formula is C25H43NO7. The summed E-state index contributed by atoms with van der Waals surface area (Å²) in [5.74, 6) is -1.06. The minimum atomic E-state index is -0.651. The first-order valence-corrected chi connectivity index (χ1v) is 11.6. The number of ether oxygens (including phenoxy) is 5. The zero-order valence-corrected chi connectivity index (χ0v) is 21.3. The Morgan fingerprint density at radius 2 is 1.85 bits per heavy atom. The fourth-order valence-electron chi connectivity index (χ4n) is 4.29. The maximum Gasteiger partial charge on any atom is 0.323 e. The van der Waals surface area contributed by atoms with Gasteiger partial charge >= 0.3 is 11.9 Å². The quantitative estimate of drug-likeness (QED) is 0.306. The fourth-order valence-corrected chi connectivity index (χ4v) is 4.29. The SMILES string of the molecule is C=CCC(NCC(=O)O[C@@H]1CC[C@@H](OCC)[C@@H](C(C)(C)OCC=C(C)C)[C@@H]1OC)C(=O)OC. The van der Waals surface area contributed by atoms with Gasteiger partial charge in [-0.2, -0.15) is 0 Å². The molecule has 0 spiro atoms. The van der Waals surface area contributed by atoms with Gasteiger partial charge in [0.1, 0.15) is 18.2 Å². The van der Waals surface area contributed by atoms with Gasteiger partial charge in [-0.3, -0.25) is 14.9 Å². The van der Waals surface area contributed by atoms with Crippen LogP contribution in [0.3, 0.4) is 0 Å². The van der Waals surface area contributed by atoms with Crippen LogP contribution in [0.1, 0.15) is 53.9 Å². The molecule has 1 fully saturated rings. The Bertz CT molecular complexity index is 657. The molecule has 1 aliphatic carbocycles. The van der Waals surface area contributed by atoms with Crippen LogP contribution in [0.25, 0.3) is 0 Å². The molecule has 0 aromatic rings. The largest absolute Gasteiger partial charge is 0.468 e. The number of hydrogen-bond acceptors (Lipinski definition) is 8. The van der Waals surface area contributed by atoms with E-state index >= 15 is 0 Å². The van der Waals surface area contributed by atoms with Gasteiger partial charge < -0.3 is 23.7 Å². The smallest absolute Gasteiger partial charge is 0.323 e. The fraction of sp³-hybridized carbons (Fsp3) is 0.760. The summed E-state index contributed by atoms with van der Waals surface area (Å²) in [6.45, 7) is 14.6. The van der Waals surface area contributed by atoms with Gasteiger partial charge in [0.25, 0.3) is 0 Å². The summed E-state index contributed by atoms with van der Waals surface area (Å²) >= 11 is 0. The maximum atomic E-state index is 12.6. The molecule has 8 nitrogen and oxygen atoms in total. The highest BCUT2D eigenvalue weighted by molar-refractivity contribution is 5.78. The molecule has 1 N–H and O–H groups in total. The second-order valence-corrected chi connectivity index (χ2v) is 9.00. The molecule has 5 atom stereocenters. The van der Waals surface area contributed by atoms with Crippen LogP contribution in [0, 0.1) is 5.92 Å². The van der Waals surface area contributed by atoms with Crippen LogP contribution in [0.5, 0.6) is 0 Å². The van der Waals surface area contributed by atoms with Crippen molar-refractivity contribution in [1.82, 2.24) is 5.32 Å². The van der Waals surface area contributed by atoms with Crippen LogP contribution >= 0.6 is 0 Å². The second-order valence-electron chi connectivity index (χ2n) is 9.00. The van der Waals surface area contributed by atoms with Gasteiger partial charge in [-0.25, -0.2) is 0 Å². The molecule has 1 rings (SSSR count). The molecule has 1 saturated carbocycles. The molecular weight excluding hydrogens is 426 g/mol. The minimum Gasteiger partial charge on any atom is -0.468 e. The molecule has 1 aliphatic rings. The van der Waals surface area contributed by atoms with Gasteiger partial charge in [0, 0.05) is 19.6 Å². The van der Waals surface area contributed by atoms with Crippen molar-refractivity contribution in [2.45, 2.75) is 83.8 Å². The molecule has 0 radical (unpaired) electrons. The normalized spacial score (nSPS) is 24.0. The van der Waals surface area contributed by atoms with Crippen molar-refractivity contribution in [3.63, 3.8) is 0 Å². The van der Waals surface area contributed by atoms with Gasteiger partial charge in [-0.15, -0.1) is 6.58 Å². The third kappa shape index (κ3) is 9.20. The van der Waals surface area contributed by atoms with Crippen molar-refractivity contribution in [3.05, 3.63) is 24.3 Å². The lowest BCUT2D eigenvalue weighted by Gasteiger charge is -2.48. The second kappa shape index (κ2) is 14.5. The average Bonchev–Trinajstić information content (AvgIpc) is 2.76. The molecule has 0 heterocycles. The highest BCUT2D eigenvalue weighted by Gasteiger charge is 2.50. The van der Waals surface area contributed by atoms with Crippen molar-refractivity contribution in [2.75, 3.05) is 34.0 Å². The van der Waals surface area contributed by atoms with E-state index in [4.69, 9.17) is 23.7 Å². The topological polar surface area (TPSA) is 92.3 Å². The number of allylic oxidation sites excluding steroid dienone is 1. The first kappa shape index (κ1) is 29.3. The zero-order valence-electron chi connectivity index (χ0n) is 21.3. The predicted octanol–water partition coefficient (Wildman–Crippen LogP) is 3.20. The highest BCUT2D eigenvalue weighted by Crippen LogP contribution is 2.39. The molecule has 0 aliphatic heterocycles. The van der Waals surface area contributed by atoms with E-state index in [2.05, 4.69) is 11.9 Å². The van der Waals surface area contributed by atoms with E-state index in [0.29, 0.717) is 26.1 Å². The number of carbonyl (C=O) groups is 2. The summed E-state index contributed by atoms with van der Waals surface area (Å²) in [5, 5.41) is 2.89. The van der Waals surface area contributed by atoms with Crippen LogP contribution < -0.4 is 5.32 Å². The first-order valence-electron chi connectivity index (χ1n) is 11.6. The van der Waals surface area contributed by atoms with Crippen molar-refractivity contribution < 1.29 is 33.3 Å². The Kier molecular flexibility index (Phi) is 12.9. The van der Waals surface area contributed by atoms with Crippen LogP contribution in [-0.2, 0) is 33.3 Å². The first-order chi connectivity index (χ1) is 15.6. The predicted molar refractivity (Wildman–Crippen MR) is 127 cm³/mol. The third-order valence-electron chi connectivity index (χ3n) is 5.92. The Hall–Kier alpha value is -1.74. The molecule has 0 aromatic carbocycles. The van der Waals surface area contributed by atoms with E-state index in [1.165, 1.54) is 12.7 Å². The van der Waals surface area contributed by atoms with Crippen molar-refractivity contribution in [3.8, 4) is 0 Å². The number of esters is 2. The Labute approximate surface area is 199 Å². The van der Waals surface area contributed by atoms with Gasteiger partial charge in [0.05, 0.1) is 32.0 Å². The van der Waals surface area contributed by atoms with E-state index < -0.39 is 35.8 Å². The number of hydrogen-bond donors (Lipinski definition) is 1. The monoisotopic (exact) mass is 469 g/mol. The number of nitrogens with one attached hydrogen (secondary N) is 1. The van der Waals surface area contributed by atoms with Crippen molar-refractivity contribution in [1.29, 1.82) is 0 Å². The maximum absolute atomic E-state index is 12.6. The van der Waals surface area contributed by atoms with Crippen LogP contribution in [0.2, 0.25) is 0 Å². The Morgan fingerprint density at radius 3 is 2.39 bits per heavy atom. The van der Waals surface area contributed by atoms with Gasteiger partial charge in [-0.1, -0.05) is 17.7 Å². The summed E-state index contributed by atoms with van der Waals surface area (Å²) in [4.78, 5) is 24.5. The molecule has 0 aromatic heterocycles. The summed E-state index contributed by atoms with van der Waals surface area (Å²) in [6, 6.07) is -0.651. The molecule has 0 amide bonds. The summed E-state index contributed by atoms with van der Waals surface area (Å²) < 4.78 is 28.7. The lowest BCUT2D eigenvalue weighted by molar-refractivity contribution is -0.206. The van der Waals surface area contributed by atoms with Crippen molar-refractivity contribution in [2.24, 2.45) is 5.92 Å². The number of methoxy groups -OCH3 is 2. The standard InChI is InChI=1S/C25H43NO7/c1-9-11-18(24(28)30-8)26-16-21(27)33-20-13-12-19(31-10-2)22(23(20)29-7)25(5,6)32-15-14-17(3)4/h9,14,18-20,22-23,26H,1,10-13,15-16H2,2-8H3/t18?,19-,20-,22-,23-/m1/s1. The van der Waals surface area contributed by atoms with E-state index in [-0.39, 0.29) is 18.6 Å². The third-order valence-corrected chi connectivity index (χ3v) is 5.92. The van der Waals surface area contributed by atoms with Gasteiger partial charge in [-0.05, 0) is 53.9 Å². The van der Waals surface area contributed by atoms with E-state index in [0.717, 1.165) is 6.42 Å². The number of carbonyl (C=O) groups excluding carboxylic acids is 2. The molecule has 190 valence electrons. The molecule has 8 heteroatoms. The molecule has 0 saturated heterocycles. The lowest BCUT2D eigenvalue weighted by atomic mass is 9.73. The lowest BCUT2D eigenvalue weighted by Crippen LogP contribution is -2.58. The summed E-state index contributed by atoms with van der Waals surface area (Å²) in [7, 11) is 2.93. The van der Waals surface area contributed by atoms with Gasteiger partial charge in [0.15, 0.2) is 0 Å². The van der Waals surface area contributed by atoms with Gasteiger partial charge in [0.2, 0.25) is 0 Å². The zero-order chi connectivity index (χ0) is 25.0. The van der Waals surface area contributed by atoms with Crippen molar-refractivity contribution >= 4 is 11.9 Å². The summed E-state index contributed by atoms with van der Waals surface area (Å²) in [6.07, 6.45) is 4.39. The highest BCUT2D eigenvalue weighted by atomic mass is 16.6. The summed E-state index contributed by atoms with van der Waals surface area (Å²) in [5.41, 5.74) is 0.607. The van der Waals surface area contributed by atoms with Crippen LogP contribution in [0.4, 0.5) is 0 Å². The Balaban J connectivity index is 2.92. The number of rotatable bonds is 14. The molecule has 33 heavy (non-hydrogen) atoms. The van der Waals surface area contributed by atoms with E-state index in [1.54, 1.807) is 13.2 Å². The van der Waals surface area contributed by atoms with Crippen LogP contribution in [0.15, 0.2) is 24.3 Å². The van der Waals surface area contributed by atoms with E-state index in [9.17, 15) is 9.59 Å². The average molecular weight is 470 g/mol.